The van der Waals surface area contributed by atoms with E-state index in [1.165, 1.54) is 0 Å². The molecule has 6 atom stereocenters. The Morgan fingerprint density at radius 3 is 1.91 bits per heavy atom. The van der Waals surface area contributed by atoms with Gasteiger partial charge in [0.05, 0.1) is 6.61 Å². The minimum Gasteiger partial charge on any atom is -1.00 e. The average Bonchev–Trinajstić information content (AvgIpc) is 3.27. The first kappa shape index (κ1) is 37.2. The Balaban J connectivity index is 0.000000258. The van der Waals surface area contributed by atoms with Crippen molar-refractivity contribution in [3.05, 3.63) is 101 Å². The van der Waals surface area contributed by atoms with Crippen LogP contribution in [0.3, 0.4) is 0 Å². The van der Waals surface area contributed by atoms with Crippen LogP contribution in [-0.2, 0) is 39.1 Å². The van der Waals surface area contributed by atoms with Crippen LogP contribution < -0.4 is 34.1 Å². The summed E-state index contributed by atoms with van der Waals surface area (Å²) >= 11 is 0. The monoisotopic (exact) mass is 666 g/mol. The second-order valence-corrected chi connectivity index (χ2v) is 14.7. The fraction of sp³-hybridized carbons (Fsp3) is 0.471. The zero-order valence-electron chi connectivity index (χ0n) is 28.5. The van der Waals surface area contributed by atoms with E-state index >= 15 is 0 Å². The van der Waals surface area contributed by atoms with E-state index in [0.717, 1.165) is 22.3 Å². The third-order valence-corrected chi connectivity index (χ3v) is 8.32. The van der Waals surface area contributed by atoms with Gasteiger partial charge in [-0.15, -0.1) is 0 Å². The molecule has 6 rings (SSSR count). The Kier molecular flexibility index (Phi) is 11.7. The average molecular weight is 667 g/mol. The van der Waals surface area contributed by atoms with Crippen LogP contribution in [-0.4, -0.2) is 52.2 Å². The molecule has 12 heteroatoms. The molecular weight excluding hydrogens is 622 g/mol. The Hall–Kier alpha value is -1.63. The summed E-state index contributed by atoms with van der Waals surface area (Å²) in [4.78, 5) is 18.0. The molecule has 3 aliphatic heterocycles. The minimum absolute atomic E-state index is 0. The van der Waals surface area contributed by atoms with Gasteiger partial charge >= 0.3 is 37.4 Å². The molecule has 3 N–H and O–H groups in total. The van der Waals surface area contributed by atoms with Crippen molar-refractivity contribution in [1.82, 2.24) is 0 Å². The molecule has 10 nitrogen and oxygen atoms in total. The second-order valence-electron chi connectivity index (χ2n) is 13.6. The molecule has 3 saturated heterocycles. The maximum atomic E-state index is 11.0. The first-order chi connectivity index (χ1) is 21.0. The van der Waals surface area contributed by atoms with E-state index < -0.39 is 44.5 Å². The Morgan fingerprint density at radius 1 is 0.826 bits per heavy atom. The van der Waals surface area contributed by atoms with Crippen LogP contribution in [0.2, 0.25) is 0 Å². The third-order valence-electron chi connectivity index (χ3n) is 7.88. The second kappa shape index (κ2) is 14.5. The maximum absolute atomic E-state index is 11.0. The molecule has 0 aromatic heterocycles. The molecule has 3 fully saturated rings. The van der Waals surface area contributed by atoms with E-state index in [4.69, 9.17) is 38.0 Å². The standard InChI is InChI=1S/C20H20O6.C14H23O4P.Na.H/c21-20-12-23-19(14-9-5-2-6-10-14)25-17(20)16-15(26-20)11-22-18(24-16)13-7-3-1-4-8-13;1-13(2,3)10-7-8-12(18-19(15,16)17)11(9-10)14(4,5)6;;/h1-10,15-19,21H,11-12H2;7-9H,1-6H3,(H2,15,16,17);;/q;;+1;-1/t15-,16+,17-,18?,19?,20+;;;/m1.../s1. The van der Waals surface area contributed by atoms with Crippen molar-refractivity contribution in [3.63, 3.8) is 0 Å². The van der Waals surface area contributed by atoms with E-state index in [1.807, 2.05) is 93.6 Å². The predicted molar refractivity (Wildman–Crippen MR) is 167 cm³/mol. The number of rotatable bonds is 4. The Morgan fingerprint density at radius 2 is 1.39 bits per heavy atom. The molecule has 246 valence electrons. The van der Waals surface area contributed by atoms with Gasteiger partial charge in [0.15, 0.2) is 12.6 Å². The zero-order chi connectivity index (χ0) is 32.6. The van der Waals surface area contributed by atoms with Gasteiger partial charge in [0.25, 0.3) is 0 Å². The predicted octanol–water partition coefficient (Wildman–Crippen LogP) is 3.17. The summed E-state index contributed by atoms with van der Waals surface area (Å²) in [5.74, 6) is -1.29. The summed E-state index contributed by atoms with van der Waals surface area (Å²) in [6.07, 6.45) is -2.56. The molecule has 3 aromatic carbocycles. The molecule has 3 aliphatic rings. The number of benzene rings is 3. The summed E-state index contributed by atoms with van der Waals surface area (Å²) in [6, 6.07) is 24.8. The summed E-state index contributed by atoms with van der Waals surface area (Å²) in [5.41, 5.74) is 3.43. The normalized spacial score (nSPS) is 27.7. The van der Waals surface area contributed by atoms with E-state index in [1.54, 1.807) is 6.07 Å². The van der Waals surface area contributed by atoms with Crippen LogP contribution in [0.4, 0.5) is 0 Å². The van der Waals surface area contributed by atoms with Gasteiger partial charge in [-0.05, 0) is 22.5 Å². The first-order valence-corrected chi connectivity index (χ1v) is 16.5. The largest absolute Gasteiger partial charge is 1.00 e. The summed E-state index contributed by atoms with van der Waals surface area (Å²) in [7, 11) is -4.54. The molecule has 0 radical (unpaired) electrons. The Bertz CT molecular complexity index is 1490. The van der Waals surface area contributed by atoms with E-state index in [0.29, 0.717) is 6.61 Å². The van der Waals surface area contributed by atoms with Gasteiger partial charge in [-0.25, -0.2) is 4.57 Å². The van der Waals surface area contributed by atoms with Crippen molar-refractivity contribution in [2.45, 2.75) is 89.1 Å². The number of phosphoric ester groups is 1. The van der Waals surface area contributed by atoms with Crippen LogP contribution in [0.1, 0.15) is 77.8 Å². The van der Waals surface area contributed by atoms with Gasteiger partial charge in [-0.2, -0.15) is 0 Å². The molecule has 0 spiro atoms. The van der Waals surface area contributed by atoms with Gasteiger partial charge in [0.2, 0.25) is 5.79 Å². The first-order valence-electron chi connectivity index (χ1n) is 15.0. The van der Waals surface area contributed by atoms with Crippen molar-refractivity contribution < 1.29 is 78.7 Å². The summed E-state index contributed by atoms with van der Waals surface area (Å²) in [6.45, 7) is 12.6. The van der Waals surface area contributed by atoms with Crippen LogP contribution >= 0.6 is 7.82 Å². The van der Waals surface area contributed by atoms with Gasteiger partial charge in [-0.3, -0.25) is 9.79 Å². The molecule has 0 amide bonds. The molecule has 0 aliphatic carbocycles. The van der Waals surface area contributed by atoms with Crippen LogP contribution in [0.5, 0.6) is 5.75 Å². The van der Waals surface area contributed by atoms with E-state index in [2.05, 4.69) is 20.8 Å². The van der Waals surface area contributed by atoms with Gasteiger partial charge in [0.1, 0.15) is 30.7 Å². The van der Waals surface area contributed by atoms with Crippen molar-refractivity contribution in [3.8, 4) is 5.75 Å². The SMILES string of the molecule is CC(C)(C)c1ccc(OP(=O)(O)O)c(C(C)(C)C)c1.O[C@]12COC(c3ccccc3)O[C@@H]1[C@H]1OC(c3ccccc3)OC[C@H]1O2.[H-].[Na+]. The fourth-order valence-electron chi connectivity index (χ4n) is 5.53. The molecule has 0 bridgehead atoms. The van der Waals surface area contributed by atoms with Crippen molar-refractivity contribution >= 4 is 7.82 Å². The van der Waals surface area contributed by atoms with Gasteiger partial charge in [0, 0.05) is 16.7 Å². The quantitative estimate of drug-likeness (QED) is 0.282. The van der Waals surface area contributed by atoms with Crippen LogP contribution in [0.25, 0.3) is 0 Å². The number of hydrogen-bond donors (Lipinski definition) is 3. The minimum atomic E-state index is -4.54. The van der Waals surface area contributed by atoms with E-state index in [9.17, 15) is 9.67 Å². The zero-order valence-corrected chi connectivity index (χ0v) is 30.3. The molecular formula is C34H44NaO10P. The number of fused-ring (bicyclic) bond motifs is 3. The van der Waals surface area contributed by atoms with Crippen molar-refractivity contribution in [1.29, 1.82) is 0 Å². The topological polar surface area (TPSA) is 133 Å². The maximum Gasteiger partial charge on any atom is 1.00 e. The molecule has 3 heterocycles. The van der Waals surface area contributed by atoms with Crippen LogP contribution in [0, 0.1) is 0 Å². The molecule has 3 aromatic rings. The summed E-state index contributed by atoms with van der Waals surface area (Å²) < 4.78 is 45.3. The molecule has 2 unspecified atom stereocenters. The Labute approximate surface area is 294 Å². The van der Waals surface area contributed by atoms with Crippen molar-refractivity contribution in [2.75, 3.05) is 13.2 Å². The third kappa shape index (κ3) is 8.88. The summed E-state index contributed by atoms with van der Waals surface area (Å²) in [5, 5.41) is 10.9. The van der Waals surface area contributed by atoms with Crippen molar-refractivity contribution in [2.24, 2.45) is 0 Å². The smallest absolute Gasteiger partial charge is 1.00 e. The number of ether oxygens (including phenoxy) is 5. The molecule has 0 saturated carbocycles. The number of phosphoric acid groups is 1. The number of aliphatic hydroxyl groups is 1. The molecule has 46 heavy (non-hydrogen) atoms. The number of hydrogen-bond acceptors (Lipinski definition) is 8. The van der Waals surface area contributed by atoms with E-state index in [-0.39, 0.29) is 54.2 Å². The fourth-order valence-corrected chi connectivity index (χ4v) is 5.94. The van der Waals surface area contributed by atoms with Crippen LogP contribution in [0.15, 0.2) is 78.9 Å². The van der Waals surface area contributed by atoms with Gasteiger partial charge in [-0.1, -0.05) is 114 Å². The van der Waals surface area contributed by atoms with Gasteiger partial charge < -0.3 is 34.7 Å².